The molecule has 2 aliphatic heterocycles. The Labute approximate surface area is 202 Å². The number of fused-ring (bicyclic) bond motifs is 1. The second kappa shape index (κ2) is 9.99. The lowest BCUT2D eigenvalue weighted by Crippen LogP contribution is -2.36. The maximum Gasteiger partial charge on any atom is 0.262 e. The number of hydrogen-bond donors (Lipinski definition) is 1. The molecule has 5 rings (SSSR count). The minimum absolute atomic E-state index is 0.100. The van der Waals surface area contributed by atoms with Crippen LogP contribution in [0.1, 0.15) is 33.6 Å². The first-order chi connectivity index (χ1) is 17.1. The number of carbonyl (C=O) groups excluding carboxylic acids is 3. The van der Waals surface area contributed by atoms with Gasteiger partial charge in [0.15, 0.2) is 6.61 Å². The summed E-state index contributed by atoms with van der Waals surface area (Å²) in [5.41, 5.74) is 1.29. The van der Waals surface area contributed by atoms with Crippen molar-refractivity contribution in [2.45, 2.75) is 18.9 Å². The molecule has 2 heterocycles. The Balaban J connectivity index is 1.18. The number of nitrogens with one attached hydrogen (secondary N) is 1. The predicted molar refractivity (Wildman–Crippen MR) is 128 cm³/mol. The van der Waals surface area contributed by atoms with Gasteiger partial charge in [-0.15, -0.1) is 0 Å². The van der Waals surface area contributed by atoms with Crippen molar-refractivity contribution < 1.29 is 28.6 Å². The third kappa shape index (κ3) is 5.17. The van der Waals surface area contributed by atoms with Crippen molar-refractivity contribution in [2.24, 2.45) is 0 Å². The molecule has 0 saturated carbocycles. The van der Waals surface area contributed by atoms with E-state index in [1.807, 2.05) is 18.2 Å². The van der Waals surface area contributed by atoms with Crippen LogP contribution in [-0.4, -0.2) is 48.5 Å². The minimum Gasteiger partial charge on any atom is -0.484 e. The van der Waals surface area contributed by atoms with Gasteiger partial charge in [-0.3, -0.25) is 19.3 Å². The standard InChI is InChI=1S/C27H24N2O6/c30-25(17-34-19-5-2-1-3-6-19)28-18-8-10-20(11-9-18)35-21-12-13-23-24(15-21)27(32)29(26(23)31)16-22-7-4-14-33-22/h1-3,5-6,8-13,15,22H,4,7,14,16-17H2,(H,28,30). The fourth-order valence-electron chi connectivity index (χ4n) is 4.10. The maximum absolute atomic E-state index is 12.8. The second-order valence-corrected chi connectivity index (χ2v) is 8.34. The molecule has 0 aromatic heterocycles. The van der Waals surface area contributed by atoms with Crippen LogP contribution in [0, 0.1) is 0 Å². The molecule has 3 amide bonds. The summed E-state index contributed by atoms with van der Waals surface area (Å²) in [4.78, 5) is 38.9. The largest absolute Gasteiger partial charge is 0.484 e. The van der Waals surface area contributed by atoms with Gasteiger partial charge in [0.25, 0.3) is 17.7 Å². The highest BCUT2D eigenvalue weighted by Gasteiger charge is 2.37. The molecule has 1 saturated heterocycles. The summed E-state index contributed by atoms with van der Waals surface area (Å²) < 4.78 is 16.9. The molecular weight excluding hydrogens is 448 g/mol. The number of hydrogen-bond acceptors (Lipinski definition) is 6. The third-order valence-electron chi connectivity index (χ3n) is 5.84. The number of para-hydroxylation sites is 1. The fourth-order valence-corrected chi connectivity index (χ4v) is 4.10. The monoisotopic (exact) mass is 472 g/mol. The third-order valence-corrected chi connectivity index (χ3v) is 5.84. The SMILES string of the molecule is O=C(COc1ccccc1)Nc1ccc(Oc2ccc3c(c2)C(=O)N(CC2CCCO2)C3=O)cc1. The summed E-state index contributed by atoms with van der Waals surface area (Å²) in [6.45, 7) is 0.829. The molecule has 0 spiro atoms. The summed E-state index contributed by atoms with van der Waals surface area (Å²) >= 11 is 0. The van der Waals surface area contributed by atoms with Crippen LogP contribution in [0.2, 0.25) is 0 Å². The van der Waals surface area contributed by atoms with E-state index in [-0.39, 0.29) is 37.0 Å². The first-order valence-electron chi connectivity index (χ1n) is 11.4. The average molecular weight is 472 g/mol. The van der Waals surface area contributed by atoms with E-state index in [1.165, 1.54) is 4.90 Å². The van der Waals surface area contributed by atoms with Gasteiger partial charge < -0.3 is 19.5 Å². The lowest BCUT2D eigenvalue weighted by atomic mass is 10.1. The molecular formula is C27H24N2O6. The van der Waals surface area contributed by atoms with Gasteiger partial charge in [-0.1, -0.05) is 18.2 Å². The van der Waals surface area contributed by atoms with Crippen molar-refractivity contribution in [1.29, 1.82) is 0 Å². The number of rotatable bonds is 8. The zero-order valence-corrected chi connectivity index (χ0v) is 18.9. The zero-order chi connectivity index (χ0) is 24.2. The maximum atomic E-state index is 12.8. The minimum atomic E-state index is -0.332. The summed E-state index contributed by atoms with van der Waals surface area (Å²) in [5.74, 6) is 0.672. The van der Waals surface area contributed by atoms with Gasteiger partial charge in [0.05, 0.1) is 23.8 Å². The van der Waals surface area contributed by atoms with Crippen LogP contribution in [0.25, 0.3) is 0 Å². The molecule has 0 bridgehead atoms. The number of imide groups is 1. The van der Waals surface area contributed by atoms with Crippen molar-refractivity contribution in [3.05, 3.63) is 83.9 Å². The Kier molecular flexibility index (Phi) is 6.45. The highest BCUT2D eigenvalue weighted by atomic mass is 16.5. The van der Waals surface area contributed by atoms with Crippen molar-refractivity contribution in [3.8, 4) is 17.2 Å². The molecule has 2 aliphatic rings. The molecule has 1 N–H and O–H groups in total. The molecule has 3 aromatic rings. The van der Waals surface area contributed by atoms with Crippen molar-refractivity contribution in [3.63, 3.8) is 0 Å². The van der Waals surface area contributed by atoms with Gasteiger partial charge in [0, 0.05) is 12.3 Å². The highest BCUT2D eigenvalue weighted by Crippen LogP contribution is 2.31. The number of anilines is 1. The number of nitrogens with zero attached hydrogens (tertiary/aromatic N) is 1. The molecule has 3 aromatic carbocycles. The molecule has 1 atom stereocenters. The van der Waals surface area contributed by atoms with E-state index in [0.717, 1.165) is 12.8 Å². The first-order valence-corrected chi connectivity index (χ1v) is 11.4. The van der Waals surface area contributed by atoms with Gasteiger partial charge in [-0.2, -0.15) is 0 Å². The molecule has 35 heavy (non-hydrogen) atoms. The van der Waals surface area contributed by atoms with Crippen molar-refractivity contribution >= 4 is 23.4 Å². The van der Waals surface area contributed by atoms with Gasteiger partial charge >= 0.3 is 0 Å². The number of amides is 3. The smallest absolute Gasteiger partial charge is 0.262 e. The fraction of sp³-hybridized carbons (Fsp3) is 0.222. The topological polar surface area (TPSA) is 94.2 Å². The Morgan fingerprint density at radius 3 is 2.40 bits per heavy atom. The van der Waals surface area contributed by atoms with E-state index < -0.39 is 0 Å². The van der Waals surface area contributed by atoms with Crippen LogP contribution in [0.4, 0.5) is 5.69 Å². The van der Waals surface area contributed by atoms with Gasteiger partial charge in [-0.25, -0.2) is 0 Å². The lowest BCUT2D eigenvalue weighted by Gasteiger charge is -2.17. The normalized spacial score (nSPS) is 16.8. The Morgan fingerprint density at radius 2 is 1.66 bits per heavy atom. The van der Waals surface area contributed by atoms with Crippen molar-refractivity contribution in [2.75, 3.05) is 25.1 Å². The van der Waals surface area contributed by atoms with E-state index in [2.05, 4.69) is 5.32 Å². The average Bonchev–Trinajstić information content (AvgIpc) is 3.48. The van der Waals surface area contributed by atoms with Crippen LogP contribution < -0.4 is 14.8 Å². The zero-order valence-electron chi connectivity index (χ0n) is 18.9. The van der Waals surface area contributed by atoms with Crippen molar-refractivity contribution in [1.82, 2.24) is 4.90 Å². The number of benzene rings is 3. The van der Waals surface area contributed by atoms with Crippen LogP contribution in [0.15, 0.2) is 72.8 Å². The number of carbonyl (C=O) groups is 3. The molecule has 178 valence electrons. The molecule has 1 fully saturated rings. The van der Waals surface area contributed by atoms with Gasteiger partial charge in [-0.05, 0) is 67.4 Å². The summed E-state index contributed by atoms with van der Waals surface area (Å²) in [5, 5.41) is 2.76. The Hall–Kier alpha value is -4.17. The van der Waals surface area contributed by atoms with E-state index in [0.29, 0.717) is 40.7 Å². The van der Waals surface area contributed by atoms with E-state index in [4.69, 9.17) is 14.2 Å². The van der Waals surface area contributed by atoms with Crippen LogP contribution in [-0.2, 0) is 9.53 Å². The van der Waals surface area contributed by atoms with Crippen LogP contribution in [0.5, 0.6) is 17.2 Å². The van der Waals surface area contributed by atoms with Gasteiger partial charge in [0.2, 0.25) is 0 Å². The van der Waals surface area contributed by atoms with E-state index in [1.54, 1.807) is 54.6 Å². The second-order valence-electron chi connectivity index (χ2n) is 8.34. The molecule has 1 unspecified atom stereocenters. The predicted octanol–water partition coefficient (Wildman–Crippen LogP) is 4.27. The number of ether oxygens (including phenoxy) is 3. The lowest BCUT2D eigenvalue weighted by molar-refractivity contribution is -0.118. The Morgan fingerprint density at radius 1 is 0.914 bits per heavy atom. The highest BCUT2D eigenvalue weighted by molar-refractivity contribution is 6.21. The van der Waals surface area contributed by atoms with Crippen LogP contribution in [0.3, 0.4) is 0 Å². The van der Waals surface area contributed by atoms with E-state index >= 15 is 0 Å². The van der Waals surface area contributed by atoms with Gasteiger partial charge in [0.1, 0.15) is 17.2 Å². The van der Waals surface area contributed by atoms with Crippen LogP contribution >= 0.6 is 0 Å². The van der Waals surface area contributed by atoms with E-state index in [9.17, 15) is 14.4 Å². The molecule has 0 radical (unpaired) electrons. The summed E-state index contributed by atoms with van der Waals surface area (Å²) in [7, 11) is 0. The Bertz CT molecular complexity index is 1240. The molecule has 8 nitrogen and oxygen atoms in total. The quantitative estimate of drug-likeness (QED) is 0.492. The molecule has 8 heteroatoms. The first kappa shape index (κ1) is 22.6. The molecule has 0 aliphatic carbocycles. The summed E-state index contributed by atoms with van der Waals surface area (Å²) in [6, 6.07) is 20.8. The summed E-state index contributed by atoms with van der Waals surface area (Å²) in [6.07, 6.45) is 1.69.